The van der Waals surface area contributed by atoms with Gasteiger partial charge in [0.25, 0.3) is 0 Å². The third-order valence-corrected chi connectivity index (χ3v) is 5.05. The van der Waals surface area contributed by atoms with Crippen molar-refractivity contribution in [3.05, 3.63) is 33.7 Å². The van der Waals surface area contributed by atoms with Crippen molar-refractivity contribution < 1.29 is 9.59 Å². The quantitative estimate of drug-likeness (QED) is 0.605. The van der Waals surface area contributed by atoms with Crippen molar-refractivity contribution in [2.45, 2.75) is 44.7 Å². The summed E-state index contributed by atoms with van der Waals surface area (Å²) >= 11 is 0. The Morgan fingerprint density at radius 2 is 2.08 bits per heavy atom. The van der Waals surface area contributed by atoms with E-state index in [-0.39, 0.29) is 18.0 Å². The van der Waals surface area contributed by atoms with Gasteiger partial charge in [-0.05, 0) is 37.0 Å². The second-order valence-electron chi connectivity index (χ2n) is 6.67. The van der Waals surface area contributed by atoms with E-state index in [9.17, 15) is 14.4 Å². The summed E-state index contributed by atoms with van der Waals surface area (Å²) < 4.78 is 3.29. The fraction of sp³-hybridized carbons (Fsp3) is 0.421. The van der Waals surface area contributed by atoms with E-state index in [2.05, 4.69) is 17.2 Å². The molecule has 1 unspecified atom stereocenters. The molecule has 26 heavy (non-hydrogen) atoms. The van der Waals surface area contributed by atoms with Crippen LogP contribution in [0.3, 0.4) is 0 Å². The number of aryl methyl sites for hydroxylation is 2. The molecule has 1 atom stereocenters. The molecular formula is C19H20N4O3. The van der Waals surface area contributed by atoms with E-state index in [4.69, 9.17) is 5.73 Å². The monoisotopic (exact) mass is 352 g/mol. The number of benzene rings is 1. The van der Waals surface area contributed by atoms with Gasteiger partial charge >= 0.3 is 5.69 Å². The summed E-state index contributed by atoms with van der Waals surface area (Å²) in [6.45, 7) is 1.14. The van der Waals surface area contributed by atoms with Crippen molar-refractivity contribution in [2.24, 2.45) is 5.73 Å². The highest BCUT2D eigenvalue weighted by molar-refractivity contribution is 6.00. The van der Waals surface area contributed by atoms with Crippen LogP contribution in [0.1, 0.15) is 42.9 Å². The SMILES string of the molecule is NCCC#Cc1ccc2c3c1CCCn3c(=O)n2C1CCC(=O)NC1=O. The number of carbonyl (C=O) groups is 2. The van der Waals surface area contributed by atoms with E-state index in [0.29, 0.717) is 25.9 Å². The number of nitrogens with one attached hydrogen (secondary N) is 1. The van der Waals surface area contributed by atoms with Gasteiger partial charge in [-0.1, -0.05) is 11.8 Å². The molecule has 4 rings (SSSR count). The minimum atomic E-state index is -0.649. The molecule has 2 amide bonds. The summed E-state index contributed by atoms with van der Waals surface area (Å²) in [6, 6.07) is 3.13. The topological polar surface area (TPSA) is 99.1 Å². The molecule has 0 aliphatic carbocycles. The molecular weight excluding hydrogens is 332 g/mol. The van der Waals surface area contributed by atoms with Gasteiger partial charge in [-0.15, -0.1) is 0 Å². The summed E-state index contributed by atoms with van der Waals surface area (Å²) in [5, 5.41) is 2.34. The van der Waals surface area contributed by atoms with Crippen molar-refractivity contribution in [3.8, 4) is 11.8 Å². The third kappa shape index (κ3) is 2.54. The number of amides is 2. The second-order valence-corrected chi connectivity index (χ2v) is 6.67. The van der Waals surface area contributed by atoms with Crippen molar-refractivity contribution >= 4 is 22.8 Å². The van der Waals surface area contributed by atoms with Crippen LogP contribution in [0, 0.1) is 11.8 Å². The minimum Gasteiger partial charge on any atom is -0.330 e. The van der Waals surface area contributed by atoms with Crippen molar-refractivity contribution in [2.75, 3.05) is 6.54 Å². The molecule has 0 radical (unpaired) electrons. The lowest BCUT2D eigenvalue weighted by molar-refractivity contribution is -0.135. The Labute approximate surface area is 150 Å². The predicted molar refractivity (Wildman–Crippen MR) is 96.5 cm³/mol. The Balaban J connectivity index is 1.90. The number of aromatic nitrogens is 2. The fourth-order valence-electron chi connectivity index (χ4n) is 3.90. The first-order chi connectivity index (χ1) is 12.6. The first-order valence-corrected chi connectivity index (χ1v) is 8.91. The van der Waals surface area contributed by atoms with Gasteiger partial charge in [-0.2, -0.15) is 0 Å². The molecule has 7 nitrogen and oxygen atoms in total. The lowest BCUT2D eigenvalue weighted by Gasteiger charge is -2.22. The lowest BCUT2D eigenvalue weighted by atomic mass is 9.98. The van der Waals surface area contributed by atoms with Gasteiger partial charge in [0.2, 0.25) is 11.8 Å². The molecule has 134 valence electrons. The first-order valence-electron chi connectivity index (χ1n) is 8.91. The Hall–Kier alpha value is -2.85. The minimum absolute atomic E-state index is 0.192. The van der Waals surface area contributed by atoms with E-state index >= 15 is 0 Å². The normalized spacial score (nSPS) is 19.2. The zero-order valence-corrected chi connectivity index (χ0v) is 14.4. The second kappa shape index (κ2) is 6.46. The molecule has 1 aromatic heterocycles. The summed E-state index contributed by atoms with van der Waals surface area (Å²) in [5.74, 6) is 5.53. The van der Waals surface area contributed by atoms with Crippen LogP contribution in [0.15, 0.2) is 16.9 Å². The summed E-state index contributed by atoms with van der Waals surface area (Å²) in [4.78, 5) is 36.8. The number of nitrogens with two attached hydrogens (primary N) is 1. The summed E-state index contributed by atoms with van der Waals surface area (Å²) in [7, 11) is 0. The van der Waals surface area contributed by atoms with Gasteiger partial charge in [-0.3, -0.25) is 24.0 Å². The van der Waals surface area contributed by atoms with Crippen LogP contribution < -0.4 is 16.7 Å². The number of piperidine rings is 1. The number of hydrogen-bond donors (Lipinski definition) is 2. The Morgan fingerprint density at radius 3 is 2.85 bits per heavy atom. The average molecular weight is 352 g/mol. The molecule has 3 heterocycles. The molecule has 1 saturated heterocycles. The standard InChI is InChI=1S/C19H20N4O3/c20-10-2-1-4-12-6-7-14-17-13(12)5-3-11-22(17)19(26)23(14)15-8-9-16(24)21-18(15)25/h6-7,15H,2-3,5,8-11,20H2,(H,21,24,25). The van der Waals surface area contributed by atoms with Gasteiger partial charge in [-0.25, -0.2) is 4.79 Å². The van der Waals surface area contributed by atoms with E-state index < -0.39 is 11.9 Å². The summed E-state index contributed by atoms with van der Waals surface area (Å²) in [5.41, 5.74) is 8.89. The summed E-state index contributed by atoms with van der Waals surface area (Å²) in [6.07, 6.45) is 2.92. The maximum atomic E-state index is 13.0. The predicted octanol–water partition coefficient (Wildman–Crippen LogP) is 0.427. The number of carbonyl (C=O) groups excluding carboxylic acids is 2. The van der Waals surface area contributed by atoms with E-state index in [0.717, 1.165) is 35.0 Å². The van der Waals surface area contributed by atoms with E-state index in [1.165, 1.54) is 0 Å². The maximum absolute atomic E-state index is 13.0. The maximum Gasteiger partial charge on any atom is 0.329 e. The van der Waals surface area contributed by atoms with Crippen LogP contribution in [-0.2, 0) is 22.6 Å². The fourth-order valence-corrected chi connectivity index (χ4v) is 3.90. The van der Waals surface area contributed by atoms with Crippen LogP contribution in [-0.4, -0.2) is 27.5 Å². The highest BCUT2D eigenvalue weighted by Crippen LogP contribution is 2.30. The molecule has 2 aromatic rings. The molecule has 1 fully saturated rings. The Bertz CT molecular complexity index is 1030. The smallest absolute Gasteiger partial charge is 0.329 e. The van der Waals surface area contributed by atoms with Gasteiger partial charge in [0.05, 0.1) is 11.0 Å². The van der Waals surface area contributed by atoms with Crippen LogP contribution >= 0.6 is 0 Å². The van der Waals surface area contributed by atoms with Gasteiger partial charge in [0, 0.05) is 31.5 Å². The van der Waals surface area contributed by atoms with Gasteiger partial charge < -0.3 is 5.73 Å². The molecule has 2 aliphatic heterocycles. The van der Waals surface area contributed by atoms with Crippen molar-refractivity contribution in [1.82, 2.24) is 14.5 Å². The van der Waals surface area contributed by atoms with Crippen molar-refractivity contribution in [3.63, 3.8) is 0 Å². The highest BCUT2D eigenvalue weighted by Gasteiger charge is 2.32. The molecule has 2 aliphatic rings. The average Bonchev–Trinajstić information content (AvgIpc) is 2.91. The Kier molecular flexibility index (Phi) is 4.13. The van der Waals surface area contributed by atoms with E-state index in [1.54, 1.807) is 9.13 Å². The molecule has 0 saturated carbocycles. The molecule has 1 aromatic carbocycles. The molecule has 0 spiro atoms. The zero-order chi connectivity index (χ0) is 18.3. The van der Waals surface area contributed by atoms with Gasteiger partial charge in [0.1, 0.15) is 6.04 Å². The lowest BCUT2D eigenvalue weighted by Crippen LogP contribution is -2.44. The molecule has 7 heteroatoms. The number of imide groups is 1. The number of nitrogens with zero attached hydrogens (tertiary/aromatic N) is 2. The molecule has 0 bridgehead atoms. The zero-order valence-electron chi connectivity index (χ0n) is 14.4. The molecule has 3 N–H and O–H groups in total. The number of rotatable bonds is 2. The highest BCUT2D eigenvalue weighted by atomic mass is 16.2. The first kappa shape index (κ1) is 16.6. The van der Waals surface area contributed by atoms with Crippen LogP contribution in [0.2, 0.25) is 0 Å². The van der Waals surface area contributed by atoms with Crippen LogP contribution in [0.25, 0.3) is 11.0 Å². The Morgan fingerprint density at radius 1 is 1.23 bits per heavy atom. The van der Waals surface area contributed by atoms with Crippen LogP contribution in [0.4, 0.5) is 0 Å². The van der Waals surface area contributed by atoms with Gasteiger partial charge in [0.15, 0.2) is 0 Å². The number of imidazole rings is 1. The third-order valence-electron chi connectivity index (χ3n) is 5.05. The largest absolute Gasteiger partial charge is 0.330 e. The van der Waals surface area contributed by atoms with E-state index in [1.807, 2.05) is 12.1 Å². The van der Waals surface area contributed by atoms with Crippen molar-refractivity contribution in [1.29, 1.82) is 0 Å². The van der Waals surface area contributed by atoms with Crippen LogP contribution in [0.5, 0.6) is 0 Å². The number of hydrogen-bond acceptors (Lipinski definition) is 4.